The number of benzene rings is 1. The molecule has 1 aromatic heterocycles. The Morgan fingerprint density at radius 2 is 2.12 bits per heavy atom. The third kappa shape index (κ3) is 2.18. The monoisotopic (exact) mass is 233 g/mol. The number of aromatic nitrogens is 1. The molecule has 2 aromatic rings. The van der Waals surface area contributed by atoms with Crippen LogP contribution in [0.2, 0.25) is 0 Å². The van der Waals surface area contributed by atoms with Gasteiger partial charge in [-0.25, -0.2) is 9.59 Å². The zero-order chi connectivity index (χ0) is 12.4. The van der Waals surface area contributed by atoms with Gasteiger partial charge in [0.1, 0.15) is 0 Å². The van der Waals surface area contributed by atoms with Gasteiger partial charge in [-0.2, -0.15) is 0 Å². The van der Waals surface area contributed by atoms with E-state index in [-0.39, 0.29) is 11.2 Å². The van der Waals surface area contributed by atoms with Crippen molar-refractivity contribution in [3.63, 3.8) is 0 Å². The highest BCUT2D eigenvalue weighted by molar-refractivity contribution is 5.99. The van der Waals surface area contributed by atoms with Crippen molar-refractivity contribution in [3.05, 3.63) is 44.7 Å². The standard InChI is InChI=1S/C12H11NO4/c1-2-3-10(14)7-4-5-9-8(6-7)11(15)17-12(16)13-9/h4-6H,2-3H2,1H3,(H,13,16). The lowest BCUT2D eigenvalue weighted by molar-refractivity contribution is 0.0982. The van der Waals surface area contributed by atoms with E-state index in [9.17, 15) is 14.4 Å². The summed E-state index contributed by atoms with van der Waals surface area (Å²) in [6, 6.07) is 4.58. The number of fused-ring (bicyclic) bond motifs is 1. The first-order valence-corrected chi connectivity index (χ1v) is 5.32. The molecule has 17 heavy (non-hydrogen) atoms. The largest absolute Gasteiger partial charge is 0.419 e. The van der Waals surface area contributed by atoms with E-state index >= 15 is 0 Å². The Morgan fingerprint density at radius 1 is 1.35 bits per heavy atom. The minimum Gasteiger partial charge on any atom is -0.372 e. The molecular weight excluding hydrogens is 222 g/mol. The number of ketones is 1. The molecule has 5 heteroatoms. The first-order chi connectivity index (χ1) is 8.11. The van der Waals surface area contributed by atoms with Crippen LogP contribution in [0.3, 0.4) is 0 Å². The van der Waals surface area contributed by atoms with Crippen molar-refractivity contribution in [2.75, 3.05) is 0 Å². The predicted molar refractivity (Wildman–Crippen MR) is 62.3 cm³/mol. The second kappa shape index (κ2) is 4.37. The topological polar surface area (TPSA) is 80.1 Å². The van der Waals surface area contributed by atoms with Crippen LogP contribution in [0.1, 0.15) is 30.1 Å². The molecule has 0 amide bonds. The molecule has 0 aliphatic heterocycles. The van der Waals surface area contributed by atoms with Crippen molar-refractivity contribution in [3.8, 4) is 0 Å². The lowest BCUT2D eigenvalue weighted by Crippen LogP contribution is -2.14. The van der Waals surface area contributed by atoms with Gasteiger partial charge in [0.05, 0.1) is 10.9 Å². The molecular formula is C12H11NO4. The van der Waals surface area contributed by atoms with E-state index in [0.29, 0.717) is 17.5 Å². The number of hydrogen-bond donors (Lipinski definition) is 1. The Bertz CT molecular complexity index is 681. The van der Waals surface area contributed by atoms with E-state index in [2.05, 4.69) is 9.40 Å². The second-order valence-corrected chi connectivity index (χ2v) is 3.74. The highest BCUT2D eigenvalue weighted by Gasteiger charge is 2.08. The molecule has 0 saturated carbocycles. The van der Waals surface area contributed by atoms with Gasteiger partial charge in [0, 0.05) is 12.0 Å². The zero-order valence-corrected chi connectivity index (χ0v) is 9.28. The number of hydrogen-bond acceptors (Lipinski definition) is 4. The zero-order valence-electron chi connectivity index (χ0n) is 9.28. The Morgan fingerprint density at radius 3 is 2.82 bits per heavy atom. The minimum atomic E-state index is -0.796. The van der Waals surface area contributed by atoms with E-state index in [1.165, 1.54) is 12.1 Å². The molecule has 1 heterocycles. The number of H-pyrrole nitrogens is 1. The van der Waals surface area contributed by atoms with Gasteiger partial charge in [-0.05, 0) is 24.6 Å². The third-order valence-electron chi connectivity index (χ3n) is 2.46. The molecule has 0 unspecified atom stereocenters. The van der Waals surface area contributed by atoms with Gasteiger partial charge in [0.2, 0.25) is 0 Å². The molecule has 0 bridgehead atoms. The molecule has 2 rings (SSSR count). The summed E-state index contributed by atoms with van der Waals surface area (Å²) in [5.41, 5.74) is 0.105. The molecule has 0 aliphatic rings. The Labute approximate surface area is 96.1 Å². The highest BCUT2D eigenvalue weighted by atomic mass is 16.4. The molecule has 0 radical (unpaired) electrons. The maximum atomic E-state index is 11.7. The molecule has 0 atom stereocenters. The van der Waals surface area contributed by atoms with Crippen LogP contribution in [-0.4, -0.2) is 10.8 Å². The second-order valence-electron chi connectivity index (χ2n) is 3.74. The van der Waals surface area contributed by atoms with Gasteiger partial charge < -0.3 is 4.42 Å². The number of Topliss-reactive ketones (excluding diaryl/α,β-unsaturated/α-hetero) is 1. The lowest BCUT2D eigenvalue weighted by Gasteiger charge is -2.00. The van der Waals surface area contributed by atoms with Crippen LogP contribution in [0.4, 0.5) is 0 Å². The van der Waals surface area contributed by atoms with Gasteiger partial charge in [0.25, 0.3) is 0 Å². The minimum absolute atomic E-state index is 0.0278. The fourth-order valence-corrected chi connectivity index (χ4v) is 1.64. The Hall–Kier alpha value is -2.17. The van der Waals surface area contributed by atoms with Gasteiger partial charge in [0.15, 0.2) is 5.78 Å². The molecule has 5 nitrogen and oxygen atoms in total. The third-order valence-corrected chi connectivity index (χ3v) is 2.46. The van der Waals surface area contributed by atoms with Crippen LogP contribution < -0.4 is 11.4 Å². The van der Waals surface area contributed by atoms with Crippen LogP contribution in [0.5, 0.6) is 0 Å². The summed E-state index contributed by atoms with van der Waals surface area (Å²) in [5, 5.41) is 0.214. The fourth-order valence-electron chi connectivity index (χ4n) is 1.64. The normalized spacial score (nSPS) is 10.6. The van der Waals surface area contributed by atoms with Crippen molar-refractivity contribution in [1.82, 2.24) is 4.98 Å². The SMILES string of the molecule is CCCC(=O)c1ccc2[nH]c(=O)oc(=O)c2c1. The number of aromatic amines is 1. The fraction of sp³-hybridized carbons (Fsp3) is 0.250. The first kappa shape index (κ1) is 11.3. The van der Waals surface area contributed by atoms with E-state index in [1.54, 1.807) is 6.07 Å². The van der Waals surface area contributed by atoms with E-state index < -0.39 is 11.4 Å². The van der Waals surface area contributed by atoms with Crippen LogP contribution in [0, 0.1) is 0 Å². The molecule has 0 spiro atoms. The average Bonchev–Trinajstić information content (AvgIpc) is 2.28. The van der Waals surface area contributed by atoms with Crippen molar-refractivity contribution < 1.29 is 9.21 Å². The van der Waals surface area contributed by atoms with Crippen molar-refractivity contribution in [2.45, 2.75) is 19.8 Å². The van der Waals surface area contributed by atoms with Crippen LogP contribution in [0.25, 0.3) is 10.9 Å². The maximum absolute atomic E-state index is 11.7. The number of nitrogens with one attached hydrogen (secondary N) is 1. The summed E-state index contributed by atoms with van der Waals surface area (Å²) in [6.07, 6.45) is 1.18. The first-order valence-electron chi connectivity index (χ1n) is 5.32. The van der Waals surface area contributed by atoms with Gasteiger partial charge in [-0.1, -0.05) is 6.92 Å². The molecule has 0 fully saturated rings. The smallest absolute Gasteiger partial charge is 0.372 e. The quantitative estimate of drug-likeness (QED) is 0.814. The van der Waals surface area contributed by atoms with Gasteiger partial charge in [-0.3, -0.25) is 9.78 Å². The van der Waals surface area contributed by atoms with Gasteiger partial charge >= 0.3 is 11.4 Å². The van der Waals surface area contributed by atoms with Crippen LogP contribution in [0.15, 0.2) is 32.2 Å². The Kier molecular flexibility index (Phi) is 2.91. The molecule has 0 saturated heterocycles. The predicted octanol–water partition coefficient (Wildman–Crippen LogP) is 1.46. The molecule has 1 N–H and O–H groups in total. The van der Waals surface area contributed by atoms with Crippen molar-refractivity contribution in [1.29, 1.82) is 0 Å². The van der Waals surface area contributed by atoms with E-state index in [4.69, 9.17) is 0 Å². The average molecular weight is 233 g/mol. The molecule has 1 aromatic carbocycles. The molecule has 0 aliphatic carbocycles. The molecule has 88 valence electrons. The van der Waals surface area contributed by atoms with Crippen LogP contribution >= 0.6 is 0 Å². The lowest BCUT2D eigenvalue weighted by atomic mass is 10.1. The van der Waals surface area contributed by atoms with Crippen LogP contribution in [-0.2, 0) is 0 Å². The number of carbonyl (C=O) groups excluding carboxylic acids is 1. The van der Waals surface area contributed by atoms with E-state index in [0.717, 1.165) is 6.42 Å². The summed E-state index contributed by atoms with van der Waals surface area (Å²) in [5.74, 6) is -0.824. The van der Waals surface area contributed by atoms with E-state index in [1.807, 2.05) is 6.92 Å². The highest BCUT2D eigenvalue weighted by Crippen LogP contribution is 2.11. The van der Waals surface area contributed by atoms with Crippen molar-refractivity contribution >= 4 is 16.7 Å². The van der Waals surface area contributed by atoms with Crippen molar-refractivity contribution in [2.24, 2.45) is 0 Å². The number of carbonyl (C=O) groups is 1. The van der Waals surface area contributed by atoms with Gasteiger partial charge in [-0.15, -0.1) is 0 Å². The summed E-state index contributed by atoms with van der Waals surface area (Å²) >= 11 is 0. The summed E-state index contributed by atoms with van der Waals surface area (Å²) in [7, 11) is 0. The summed E-state index contributed by atoms with van der Waals surface area (Å²) < 4.78 is 4.41. The summed E-state index contributed by atoms with van der Waals surface area (Å²) in [4.78, 5) is 36.4. The maximum Gasteiger partial charge on any atom is 0.419 e. The Balaban J connectivity index is 2.62. The summed E-state index contributed by atoms with van der Waals surface area (Å²) in [6.45, 7) is 1.91. The number of rotatable bonds is 3.